The Labute approximate surface area is 163 Å². The molecule has 9 nitrogen and oxygen atoms in total. The minimum atomic E-state index is -3.74. The number of hydrogen-bond donors (Lipinski definition) is 0. The van der Waals surface area contributed by atoms with E-state index in [4.69, 9.17) is 26.6 Å². The second-order valence-electron chi connectivity index (χ2n) is 4.70. The molecule has 0 unspecified atom stereocenters. The topological polar surface area (TPSA) is 107 Å². The van der Waals surface area contributed by atoms with Crippen LogP contribution in [0.1, 0.15) is 41.5 Å². The van der Waals surface area contributed by atoms with Crippen LogP contribution in [0, 0.1) is 0 Å². The van der Waals surface area contributed by atoms with Crippen molar-refractivity contribution < 1.29 is 40.9 Å². The van der Waals surface area contributed by atoms with E-state index >= 15 is 0 Å². The third-order valence-electron chi connectivity index (χ3n) is 2.39. The first-order chi connectivity index (χ1) is 12.6. The molecule has 0 radical (unpaired) electrons. The van der Waals surface area contributed by atoms with Gasteiger partial charge in [0.2, 0.25) is 0 Å². The van der Waals surface area contributed by atoms with Crippen molar-refractivity contribution in [1.29, 1.82) is 0 Å². The van der Waals surface area contributed by atoms with E-state index in [0.717, 1.165) is 26.5 Å². The van der Waals surface area contributed by atoms with Crippen molar-refractivity contribution in [3.63, 3.8) is 0 Å². The number of carbonyl (C=O) groups excluding carboxylic acids is 3. The van der Waals surface area contributed by atoms with Gasteiger partial charge in [0.05, 0.1) is 0 Å². The summed E-state index contributed by atoms with van der Waals surface area (Å²) in [6, 6.07) is 0. The third-order valence-corrected chi connectivity index (χ3v) is 7.18. The molecule has 0 N–H and O–H groups in total. The normalized spacial score (nSPS) is 10.7. The summed E-state index contributed by atoms with van der Waals surface area (Å²) >= 11 is 0. The van der Waals surface area contributed by atoms with Gasteiger partial charge in [0.1, 0.15) is 0 Å². The van der Waals surface area contributed by atoms with Gasteiger partial charge in [0.25, 0.3) is 17.9 Å². The largest absolute Gasteiger partial charge is 0.734 e. The molecule has 0 aliphatic heterocycles. The first kappa shape index (κ1) is 27.4. The molecule has 0 amide bonds. The fraction of sp³-hybridized carbons (Fsp3) is 0.562. The Kier molecular flexibility index (Phi) is 14.5. The summed E-state index contributed by atoms with van der Waals surface area (Å²) in [5, 5.41) is 0. The number of hydrogen-bond acceptors (Lipinski definition) is 9. The maximum Gasteiger partial charge on any atom is 0.734 e. The lowest BCUT2D eigenvalue weighted by Gasteiger charge is -2.24. The molecular weight excluding hydrogens is 392 g/mol. The van der Waals surface area contributed by atoms with Gasteiger partial charge in [-0.15, -0.1) is 0 Å². The van der Waals surface area contributed by atoms with Crippen molar-refractivity contribution in [1.82, 2.24) is 0 Å². The van der Waals surface area contributed by atoms with Crippen molar-refractivity contribution >= 4 is 35.5 Å². The molecule has 0 rings (SSSR count). The predicted molar refractivity (Wildman–Crippen MR) is 102 cm³/mol. The standard InChI is InChI=1S/C8H12O6Si.C8H18O3Si/c1-5-15(12-6(2)9,13-7(3)10)14-8(4)11;1-5-9-12(8-4,10-6-2)11-7-3/h5H,1H2,2-4H3;8H,4-7H2,1-3H3. The Morgan fingerprint density at radius 3 is 1.07 bits per heavy atom. The van der Waals surface area contributed by atoms with Gasteiger partial charge in [-0.25, -0.2) is 0 Å². The average molecular weight is 423 g/mol. The molecule has 0 aromatic rings. The van der Waals surface area contributed by atoms with E-state index in [1.54, 1.807) is 5.70 Å². The van der Waals surface area contributed by atoms with Crippen molar-refractivity contribution in [2.24, 2.45) is 0 Å². The summed E-state index contributed by atoms with van der Waals surface area (Å²) in [4.78, 5) is 32.3. The molecule has 0 aromatic heterocycles. The SMILES string of the molecule is C=C[Si](OC(C)=O)(OC(C)=O)OC(C)=O.C=C[Si](OCC)(OCC)OCC. The molecule has 156 valence electrons. The van der Waals surface area contributed by atoms with Gasteiger partial charge < -0.3 is 26.6 Å². The summed E-state index contributed by atoms with van der Waals surface area (Å²) in [5.74, 6) is -2.16. The predicted octanol–water partition coefficient (Wildman–Crippen LogP) is 2.10. The molecule has 0 saturated carbocycles. The summed E-state index contributed by atoms with van der Waals surface area (Å²) in [6.07, 6.45) is 0. The van der Waals surface area contributed by atoms with Crippen LogP contribution in [0.25, 0.3) is 0 Å². The van der Waals surface area contributed by atoms with Crippen LogP contribution in [0.3, 0.4) is 0 Å². The van der Waals surface area contributed by atoms with E-state index in [-0.39, 0.29) is 0 Å². The maximum atomic E-state index is 10.8. The van der Waals surface area contributed by atoms with Gasteiger partial charge in [-0.05, 0) is 26.5 Å². The Bertz CT molecular complexity index is 450. The van der Waals surface area contributed by atoms with Gasteiger partial charge in [0.15, 0.2) is 0 Å². The van der Waals surface area contributed by atoms with Gasteiger partial charge in [-0.1, -0.05) is 13.2 Å². The summed E-state index contributed by atoms with van der Waals surface area (Å²) in [6.45, 7) is 17.9. The third kappa shape index (κ3) is 12.3. The number of carbonyl (C=O) groups is 3. The lowest BCUT2D eigenvalue weighted by atomic mass is 10.9. The van der Waals surface area contributed by atoms with Gasteiger partial charge in [-0.3, -0.25) is 14.4 Å². The van der Waals surface area contributed by atoms with Crippen LogP contribution in [0.4, 0.5) is 0 Å². The van der Waals surface area contributed by atoms with Crippen LogP contribution in [0.15, 0.2) is 24.6 Å². The quantitative estimate of drug-likeness (QED) is 0.463. The second-order valence-corrected chi connectivity index (χ2v) is 9.40. The average Bonchev–Trinajstić information content (AvgIpc) is 2.54. The highest BCUT2D eigenvalue weighted by Gasteiger charge is 2.48. The second kappa shape index (κ2) is 14.3. The minimum Gasteiger partial charge on any atom is -0.452 e. The molecule has 0 fully saturated rings. The van der Waals surface area contributed by atoms with E-state index in [1.807, 2.05) is 20.8 Å². The molecule has 27 heavy (non-hydrogen) atoms. The molecule has 0 aliphatic carbocycles. The van der Waals surface area contributed by atoms with Gasteiger partial charge in [-0.2, -0.15) is 0 Å². The highest BCUT2D eigenvalue weighted by Crippen LogP contribution is 2.12. The van der Waals surface area contributed by atoms with Crippen LogP contribution in [-0.4, -0.2) is 55.3 Å². The zero-order valence-electron chi connectivity index (χ0n) is 16.9. The molecule has 0 aliphatic rings. The van der Waals surface area contributed by atoms with Crippen LogP contribution in [-0.2, 0) is 40.9 Å². The summed E-state index contributed by atoms with van der Waals surface area (Å²) in [5.41, 5.74) is 2.71. The maximum absolute atomic E-state index is 10.8. The molecular formula is C16H30O9Si2. The van der Waals surface area contributed by atoms with Crippen LogP contribution < -0.4 is 0 Å². The smallest absolute Gasteiger partial charge is 0.452 e. The monoisotopic (exact) mass is 422 g/mol. The van der Waals surface area contributed by atoms with E-state index in [2.05, 4.69) is 13.2 Å². The van der Waals surface area contributed by atoms with Crippen molar-refractivity contribution in [3.05, 3.63) is 24.6 Å². The van der Waals surface area contributed by atoms with E-state index in [1.165, 1.54) is 0 Å². The van der Waals surface area contributed by atoms with Crippen molar-refractivity contribution in [3.8, 4) is 0 Å². The summed E-state index contributed by atoms with van der Waals surface area (Å²) in [7, 11) is -6.25. The van der Waals surface area contributed by atoms with E-state index in [9.17, 15) is 14.4 Å². The fourth-order valence-corrected chi connectivity index (χ4v) is 5.08. The Morgan fingerprint density at radius 1 is 0.667 bits per heavy atom. The Balaban J connectivity index is 0. The molecule has 0 spiro atoms. The van der Waals surface area contributed by atoms with Crippen molar-refractivity contribution in [2.45, 2.75) is 41.5 Å². The highest BCUT2D eigenvalue weighted by atomic mass is 28.4. The Morgan fingerprint density at radius 2 is 0.926 bits per heavy atom. The van der Waals surface area contributed by atoms with E-state index in [0.29, 0.717) is 19.8 Å². The lowest BCUT2D eigenvalue weighted by molar-refractivity contribution is -0.146. The van der Waals surface area contributed by atoms with Crippen LogP contribution >= 0.6 is 0 Å². The first-order valence-corrected chi connectivity index (χ1v) is 11.9. The first-order valence-electron chi connectivity index (χ1n) is 8.33. The van der Waals surface area contributed by atoms with Gasteiger partial charge in [0, 0.05) is 46.3 Å². The highest BCUT2D eigenvalue weighted by molar-refractivity contribution is 6.70. The lowest BCUT2D eigenvalue weighted by Crippen LogP contribution is -2.47. The van der Waals surface area contributed by atoms with E-state index < -0.39 is 35.5 Å². The Hall–Kier alpha value is -1.80. The zero-order chi connectivity index (χ0) is 21.5. The van der Waals surface area contributed by atoms with Crippen LogP contribution in [0.2, 0.25) is 0 Å². The minimum absolute atomic E-state index is 0.595. The van der Waals surface area contributed by atoms with Crippen LogP contribution in [0.5, 0.6) is 0 Å². The van der Waals surface area contributed by atoms with Crippen molar-refractivity contribution in [2.75, 3.05) is 19.8 Å². The molecule has 0 bridgehead atoms. The number of rotatable bonds is 11. The van der Waals surface area contributed by atoms with Gasteiger partial charge >= 0.3 is 17.6 Å². The fourth-order valence-electron chi connectivity index (χ4n) is 1.69. The molecule has 0 saturated heterocycles. The molecule has 0 heterocycles. The molecule has 0 aromatic carbocycles. The molecule has 0 atom stereocenters. The summed E-state index contributed by atoms with van der Waals surface area (Å²) < 4.78 is 30.4. The molecule has 11 heteroatoms. The zero-order valence-corrected chi connectivity index (χ0v) is 18.9.